The van der Waals surface area contributed by atoms with Gasteiger partial charge in [0.05, 0.1) is 12.7 Å². The topological polar surface area (TPSA) is 57.5 Å². The molecule has 0 amide bonds. The van der Waals surface area contributed by atoms with E-state index in [4.69, 9.17) is 9.47 Å². The van der Waals surface area contributed by atoms with Crippen LogP contribution in [0.3, 0.4) is 0 Å². The predicted octanol–water partition coefficient (Wildman–Crippen LogP) is 0.863. The summed E-state index contributed by atoms with van der Waals surface area (Å²) in [6.07, 6.45) is 3.30. The zero-order valence-corrected chi connectivity index (χ0v) is 12.4. The van der Waals surface area contributed by atoms with Gasteiger partial charge < -0.3 is 14.8 Å². The van der Waals surface area contributed by atoms with Gasteiger partial charge in [0.15, 0.2) is 0 Å². The lowest BCUT2D eigenvalue weighted by atomic mass is 9.94. The summed E-state index contributed by atoms with van der Waals surface area (Å²) < 4.78 is 10.3. The van der Waals surface area contributed by atoms with Crippen LogP contribution in [0.4, 0.5) is 0 Å². The monoisotopic (exact) mass is 269 g/mol. The molecule has 0 aromatic rings. The largest absolute Gasteiger partial charge is 0.385 e. The van der Waals surface area contributed by atoms with Gasteiger partial charge in [-0.3, -0.25) is 4.90 Å². The van der Waals surface area contributed by atoms with Crippen molar-refractivity contribution in [2.45, 2.75) is 24.8 Å². The molecule has 5 nitrogen and oxygen atoms in total. The van der Waals surface area contributed by atoms with E-state index >= 15 is 0 Å². The molecule has 1 saturated carbocycles. The Bertz CT molecular complexity index is 289. The van der Waals surface area contributed by atoms with Crippen LogP contribution in [-0.2, 0) is 9.47 Å². The number of likely N-dealkylation sites (N-methyl/N-ethyl adjacent to an activating group) is 1. The highest BCUT2D eigenvalue weighted by Crippen LogP contribution is 2.39. The molecule has 0 aromatic heterocycles. The first kappa shape index (κ1) is 16.4. The zero-order chi connectivity index (χ0) is 14.1. The molecule has 1 unspecified atom stereocenters. The maximum atomic E-state index is 9.54. The van der Waals surface area contributed by atoms with Crippen LogP contribution in [0.5, 0.6) is 0 Å². The van der Waals surface area contributed by atoms with Crippen molar-refractivity contribution in [1.29, 1.82) is 5.26 Å². The SMILES string of the molecule is CNC(C#N)(CN(CCCOC)CCOC)C1CC1. The molecule has 1 N–H and O–H groups in total. The van der Waals surface area contributed by atoms with Gasteiger partial charge in [-0.1, -0.05) is 0 Å². The van der Waals surface area contributed by atoms with E-state index in [1.165, 1.54) is 0 Å². The van der Waals surface area contributed by atoms with Crippen molar-refractivity contribution in [3.8, 4) is 6.07 Å². The predicted molar refractivity (Wildman–Crippen MR) is 74.9 cm³/mol. The molecule has 0 aliphatic heterocycles. The number of hydrogen-bond donors (Lipinski definition) is 1. The van der Waals surface area contributed by atoms with Gasteiger partial charge in [0, 0.05) is 40.5 Å². The fourth-order valence-electron chi connectivity index (χ4n) is 2.45. The molecule has 0 bridgehead atoms. The number of ether oxygens (including phenoxy) is 2. The van der Waals surface area contributed by atoms with Crippen LogP contribution in [0, 0.1) is 17.2 Å². The molecule has 19 heavy (non-hydrogen) atoms. The van der Waals surface area contributed by atoms with Crippen molar-refractivity contribution in [3.05, 3.63) is 0 Å². The molecule has 1 rings (SSSR count). The van der Waals surface area contributed by atoms with Gasteiger partial charge in [-0.25, -0.2) is 0 Å². The van der Waals surface area contributed by atoms with E-state index in [0.29, 0.717) is 12.5 Å². The Labute approximate surface area is 116 Å². The van der Waals surface area contributed by atoms with Gasteiger partial charge in [-0.2, -0.15) is 5.26 Å². The van der Waals surface area contributed by atoms with Gasteiger partial charge in [-0.15, -0.1) is 0 Å². The molecular formula is C14H27N3O2. The van der Waals surface area contributed by atoms with E-state index in [-0.39, 0.29) is 0 Å². The highest BCUT2D eigenvalue weighted by Gasteiger charge is 2.45. The van der Waals surface area contributed by atoms with Crippen LogP contribution < -0.4 is 5.32 Å². The van der Waals surface area contributed by atoms with E-state index in [1.54, 1.807) is 14.2 Å². The Morgan fingerprint density at radius 1 is 1.26 bits per heavy atom. The Kier molecular flexibility index (Phi) is 7.32. The fourth-order valence-corrected chi connectivity index (χ4v) is 2.45. The maximum absolute atomic E-state index is 9.54. The molecule has 0 heterocycles. The second-order valence-electron chi connectivity index (χ2n) is 5.22. The van der Waals surface area contributed by atoms with Crippen molar-refractivity contribution in [1.82, 2.24) is 10.2 Å². The molecule has 0 radical (unpaired) electrons. The van der Waals surface area contributed by atoms with E-state index in [9.17, 15) is 5.26 Å². The molecular weight excluding hydrogens is 242 g/mol. The van der Waals surface area contributed by atoms with Crippen LogP contribution in [0.1, 0.15) is 19.3 Å². The lowest BCUT2D eigenvalue weighted by Crippen LogP contribution is -2.53. The first-order valence-electron chi connectivity index (χ1n) is 7.02. The van der Waals surface area contributed by atoms with Crippen molar-refractivity contribution in [2.24, 2.45) is 5.92 Å². The van der Waals surface area contributed by atoms with Crippen LogP contribution in [-0.4, -0.2) is 64.6 Å². The van der Waals surface area contributed by atoms with Crippen LogP contribution in [0.25, 0.3) is 0 Å². The Balaban J connectivity index is 2.54. The second-order valence-corrected chi connectivity index (χ2v) is 5.22. The second kappa shape index (κ2) is 8.49. The van der Waals surface area contributed by atoms with Crippen LogP contribution in [0.2, 0.25) is 0 Å². The van der Waals surface area contributed by atoms with Crippen molar-refractivity contribution < 1.29 is 9.47 Å². The van der Waals surface area contributed by atoms with E-state index in [2.05, 4.69) is 16.3 Å². The number of hydrogen-bond acceptors (Lipinski definition) is 5. The lowest BCUT2D eigenvalue weighted by molar-refractivity contribution is 0.116. The highest BCUT2D eigenvalue weighted by molar-refractivity contribution is 5.16. The van der Waals surface area contributed by atoms with Gasteiger partial charge in [0.25, 0.3) is 0 Å². The van der Waals surface area contributed by atoms with Crippen molar-refractivity contribution >= 4 is 0 Å². The molecule has 0 saturated heterocycles. The standard InChI is InChI=1S/C14H27N3O2/c1-16-14(11-15,13-5-6-13)12-17(8-10-19-3)7-4-9-18-2/h13,16H,4-10,12H2,1-3H3. The maximum Gasteiger partial charge on any atom is 0.122 e. The summed E-state index contributed by atoms with van der Waals surface area (Å²) in [5.74, 6) is 0.495. The Morgan fingerprint density at radius 2 is 1.95 bits per heavy atom. The summed E-state index contributed by atoms with van der Waals surface area (Å²) in [4.78, 5) is 2.31. The zero-order valence-electron chi connectivity index (χ0n) is 12.4. The molecule has 1 aliphatic carbocycles. The number of nitriles is 1. The fraction of sp³-hybridized carbons (Fsp3) is 0.929. The third-order valence-corrected chi connectivity index (χ3v) is 3.83. The molecule has 1 atom stereocenters. The number of nitrogens with zero attached hydrogens (tertiary/aromatic N) is 2. The van der Waals surface area contributed by atoms with E-state index in [1.807, 2.05) is 7.05 Å². The van der Waals surface area contributed by atoms with Crippen LogP contribution in [0.15, 0.2) is 0 Å². The summed E-state index contributed by atoms with van der Waals surface area (Å²) in [7, 11) is 5.33. The van der Waals surface area contributed by atoms with E-state index < -0.39 is 5.54 Å². The Hall–Kier alpha value is -0.670. The average Bonchev–Trinajstić information content (AvgIpc) is 3.26. The summed E-state index contributed by atoms with van der Waals surface area (Å²) in [5.41, 5.74) is -0.402. The van der Waals surface area contributed by atoms with Crippen molar-refractivity contribution in [3.63, 3.8) is 0 Å². The minimum Gasteiger partial charge on any atom is -0.385 e. The van der Waals surface area contributed by atoms with Gasteiger partial charge >= 0.3 is 0 Å². The molecule has 0 aromatic carbocycles. The minimum absolute atomic E-state index is 0.402. The molecule has 1 fully saturated rings. The number of methoxy groups -OCH3 is 2. The van der Waals surface area contributed by atoms with Crippen molar-refractivity contribution in [2.75, 3.05) is 54.1 Å². The number of nitrogens with one attached hydrogen (secondary N) is 1. The summed E-state index contributed by atoms with van der Waals surface area (Å²) in [6, 6.07) is 2.50. The first-order chi connectivity index (χ1) is 9.22. The molecule has 1 aliphatic rings. The summed E-state index contributed by atoms with van der Waals surface area (Å²) >= 11 is 0. The van der Waals surface area contributed by atoms with Gasteiger partial charge in [0.2, 0.25) is 0 Å². The van der Waals surface area contributed by atoms with Gasteiger partial charge in [-0.05, 0) is 32.2 Å². The summed E-state index contributed by atoms with van der Waals surface area (Å²) in [5, 5.41) is 12.8. The molecule has 110 valence electrons. The molecule has 5 heteroatoms. The van der Waals surface area contributed by atoms with Gasteiger partial charge in [0.1, 0.15) is 5.54 Å². The van der Waals surface area contributed by atoms with Crippen LogP contribution >= 0.6 is 0 Å². The Morgan fingerprint density at radius 3 is 2.42 bits per heavy atom. The third kappa shape index (κ3) is 5.07. The average molecular weight is 269 g/mol. The first-order valence-corrected chi connectivity index (χ1v) is 7.02. The lowest BCUT2D eigenvalue weighted by Gasteiger charge is -2.33. The van der Waals surface area contributed by atoms with E-state index in [0.717, 1.165) is 45.5 Å². The summed E-state index contributed by atoms with van der Waals surface area (Å²) in [6.45, 7) is 4.01. The normalized spacial score (nSPS) is 18.3. The minimum atomic E-state index is -0.402. The quantitative estimate of drug-likeness (QED) is 0.564. The smallest absolute Gasteiger partial charge is 0.122 e. The number of rotatable bonds is 11. The highest BCUT2D eigenvalue weighted by atomic mass is 16.5. The molecule has 0 spiro atoms. The third-order valence-electron chi connectivity index (χ3n) is 3.83.